The summed E-state index contributed by atoms with van der Waals surface area (Å²) in [6, 6.07) is 20.1. The fraction of sp³-hybridized carbons (Fsp3) is 0.158. The molecule has 0 aliphatic carbocycles. The van der Waals surface area contributed by atoms with Crippen LogP contribution in [0.2, 0.25) is 0 Å². The molecule has 4 rings (SSSR count). The standard InChI is InChI=1S/C19H16N2OS/c22-18(17-16-9-5-4-6-14(16)10-11-20-17)21-12-13-23-19(21)15-7-2-1-3-8-15/h1-11,19H,12-13H2. The van der Waals surface area contributed by atoms with Crippen LogP contribution in [0.4, 0.5) is 0 Å². The molecule has 3 aromatic rings. The minimum Gasteiger partial charge on any atom is -0.320 e. The molecule has 23 heavy (non-hydrogen) atoms. The lowest BCUT2D eigenvalue weighted by molar-refractivity contribution is 0.0756. The van der Waals surface area contributed by atoms with Crippen molar-refractivity contribution in [1.29, 1.82) is 0 Å². The molecular formula is C19H16N2OS. The maximum absolute atomic E-state index is 13.1. The van der Waals surface area contributed by atoms with Gasteiger partial charge in [0.1, 0.15) is 11.1 Å². The lowest BCUT2D eigenvalue weighted by atomic mass is 10.1. The van der Waals surface area contributed by atoms with Crippen LogP contribution in [0.25, 0.3) is 10.8 Å². The van der Waals surface area contributed by atoms with Crippen molar-refractivity contribution in [2.45, 2.75) is 5.37 Å². The Morgan fingerprint density at radius 1 is 1.04 bits per heavy atom. The van der Waals surface area contributed by atoms with Gasteiger partial charge in [-0.1, -0.05) is 54.6 Å². The molecule has 1 amide bonds. The van der Waals surface area contributed by atoms with Crippen LogP contribution in [-0.2, 0) is 0 Å². The van der Waals surface area contributed by atoms with Crippen molar-refractivity contribution in [2.75, 3.05) is 12.3 Å². The molecule has 0 bridgehead atoms. The SMILES string of the molecule is O=C(c1nccc2ccccc12)N1CCSC1c1ccccc1. The van der Waals surface area contributed by atoms with Gasteiger partial charge < -0.3 is 4.90 Å². The minimum absolute atomic E-state index is 0.0145. The van der Waals surface area contributed by atoms with Crippen LogP contribution in [-0.4, -0.2) is 28.1 Å². The van der Waals surface area contributed by atoms with E-state index in [2.05, 4.69) is 17.1 Å². The van der Waals surface area contributed by atoms with E-state index in [0.29, 0.717) is 5.69 Å². The summed E-state index contributed by atoms with van der Waals surface area (Å²) >= 11 is 1.81. The second kappa shape index (κ2) is 6.05. The van der Waals surface area contributed by atoms with Gasteiger partial charge in [0.15, 0.2) is 0 Å². The molecule has 1 atom stereocenters. The summed E-state index contributed by atoms with van der Waals surface area (Å²) in [6.45, 7) is 0.758. The number of fused-ring (bicyclic) bond motifs is 1. The van der Waals surface area contributed by atoms with E-state index >= 15 is 0 Å². The fourth-order valence-electron chi connectivity index (χ4n) is 3.00. The first-order chi connectivity index (χ1) is 11.3. The number of rotatable bonds is 2. The summed E-state index contributed by atoms with van der Waals surface area (Å²) in [5.41, 5.74) is 1.72. The molecule has 1 unspecified atom stereocenters. The van der Waals surface area contributed by atoms with E-state index in [1.807, 2.05) is 65.2 Å². The lowest BCUT2D eigenvalue weighted by Gasteiger charge is -2.24. The van der Waals surface area contributed by atoms with Gasteiger partial charge in [0.2, 0.25) is 0 Å². The molecule has 114 valence electrons. The van der Waals surface area contributed by atoms with Gasteiger partial charge >= 0.3 is 0 Å². The summed E-state index contributed by atoms with van der Waals surface area (Å²) in [5, 5.41) is 2.04. The minimum atomic E-state index is 0.0145. The van der Waals surface area contributed by atoms with Gasteiger partial charge in [-0.3, -0.25) is 9.78 Å². The molecule has 0 N–H and O–H groups in total. The third-order valence-corrected chi connectivity index (χ3v) is 5.37. The van der Waals surface area contributed by atoms with Gasteiger partial charge in [0.05, 0.1) is 0 Å². The van der Waals surface area contributed by atoms with Crippen molar-refractivity contribution < 1.29 is 4.79 Å². The summed E-state index contributed by atoms with van der Waals surface area (Å²) < 4.78 is 0. The average molecular weight is 320 g/mol. The molecule has 0 spiro atoms. The van der Waals surface area contributed by atoms with Crippen LogP contribution in [0.1, 0.15) is 21.4 Å². The van der Waals surface area contributed by atoms with Crippen LogP contribution in [0.5, 0.6) is 0 Å². The second-order valence-electron chi connectivity index (χ2n) is 5.51. The van der Waals surface area contributed by atoms with Gasteiger partial charge in [-0.15, -0.1) is 11.8 Å². The molecule has 0 saturated carbocycles. The normalized spacial score (nSPS) is 17.6. The smallest absolute Gasteiger partial charge is 0.274 e. The Morgan fingerprint density at radius 2 is 1.83 bits per heavy atom. The van der Waals surface area contributed by atoms with Gasteiger partial charge in [0.25, 0.3) is 5.91 Å². The van der Waals surface area contributed by atoms with Gasteiger partial charge in [0, 0.05) is 23.9 Å². The van der Waals surface area contributed by atoms with E-state index in [4.69, 9.17) is 0 Å². The summed E-state index contributed by atoms with van der Waals surface area (Å²) in [6.07, 6.45) is 1.72. The first-order valence-electron chi connectivity index (χ1n) is 7.66. The highest BCUT2D eigenvalue weighted by molar-refractivity contribution is 7.99. The predicted molar refractivity (Wildman–Crippen MR) is 94.4 cm³/mol. The predicted octanol–water partition coefficient (Wildman–Crippen LogP) is 4.12. The van der Waals surface area contributed by atoms with Crippen LogP contribution >= 0.6 is 11.8 Å². The van der Waals surface area contributed by atoms with Crippen molar-refractivity contribution in [3.05, 3.63) is 78.1 Å². The van der Waals surface area contributed by atoms with E-state index in [1.165, 1.54) is 5.56 Å². The molecule has 2 heterocycles. The van der Waals surface area contributed by atoms with Crippen LogP contribution in [0.15, 0.2) is 66.9 Å². The molecule has 1 fully saturated rings. The Labute approximate surface area is 139 Å². The molecule has 4 heteroatoms. The highest BCUT2D eigenvalue weighted by Gasteiger charge is 2.32. The molecule has 1 aromatic heterocycles. The zero-order valence-corrected chi connectivity index (χ0v) is 13.4. The van der Waals surface area contributed by atoms with Gasteiger partial charge in [-0.25, -0.2) is 0 Å². The van der Waals surface area contributed by atoms with E-state index in [-0.39, 0.29) is 11.3 Å². The third-order valence-electron chi connectivity index (χ3n) is 4.11. The molecular weight excluding hydrogens is 304 g/mol. The molecule has 0 radical (unpaired) electrons. The van der Waals surface area contributed by atoms with Crippen molar-refractivity contribution in [2.24, 2.45) is 0 Å². The highest BCUT2D eigenvalue weighted by atomic mass is 32.2. The van der Waals surface area contributed by atoms with Gasteiger partial charge in [-0.05, 0) is 17.0 Å². The molecule has 1 aliphatic heterocycles. The Morgan fingerprint density at radius 3 is 2.70 bits per heavy atom. The molecule has 2 aromatic carbocycles. The zero-order chi connectivity index (χ0) is 15.6. The molecule has 1 aliphatic rings. The van der Waals surface area contributed by atoms with Crippen LogP contribution < -0.4 is 0 Å². The number of carbonyl (C=O) groups excluding carboxylic acids is 1. The zero-order valence-electron chi connectivity index (χ0n) is 12.6. The first kappa shape index (κ1) is 14.3. The maximum atomic E-state index is 13.1. The number of thioether (sulfide) groups is 1. The number of hydrogen-bond acceptors (Lipinski definition) is 3. The lowest BCUT2D eigenvalue weighted by Crippen LogP contribution is -2.31. The van der Waals surface area contributed by atoms with E-state index in [9.17, 15) is 4.79 Å². The van der Waals surface area contributed by atoms with E-state index < -0.39 is 0 Å². The number of hydrogen-bond donors (Lipinski definition) is 0. The Hall–Kier alpha value is -2.33. The van der Waals surface area contributed by atoms with Crippen LogP contribution in [0, 0.1) is 0 Å². The first-order valence-corrected chi connectivity index (χ1v) is 8.71. The molecule has 3 nitrogen and oxygen atoms in total. The Kier molecular flexibility index (Phi) is 3.75. The number of nitrogens with zero attached hydrogens (tertiary/aromatic N) is 2. The number of aromatic nitrogens is 1. The summed E-state index contributed by atoms with van der Waals surface area (Å²) in [7, 11) is 0. The number of amides is 1. The molecule has 1 saturated heterocycles. The van der Waals surface area contributed by atoms with E-state index in [0.717, 1.165) is 23.1 Å². The topological polar surface area (TPSA) is 33.2 Å². The maximum Gasteiger partial charge on any atom is 0.274 e. The summed E-state index contributed by atoms with van der Waals surface area (Å²) in [4.78, 5) is 19.4. The Balaban J connectivity index is 1.73. The fourth-order valence-corrected chi connectivity index (χ4v) is 4.25. The monoisotopic (exact) mass is 320 g/mol. The number of benzene rings is 2. The second-order valence-corrected chi connectivity index (χ2v) is 6.70. The van der Waals surface area contributed by atoms with Crippen molar-refractivity contribution in [1.82, 2.24) is 9.88 Å². The number of pyridine rings is 1. The van der Waals surface area contributed by atoms with Crippen LogP contribution in [0.3, 0.4) is 0 Å². The number of carbonyl (C=O) groups is 1. The third kappa shape index (κ3) is 2.59. The van der Waals surface area contributed by atoms with Crippen molar-refractivity contribution in [3.63, 3.8) is 0 Å². The average Bonchev–Trinajstić information content (AvgIpc) is 3.11. The van der Waals surface area contributed by atoms with Crippen molar-refractivity contribution in [3.8, 4) is 0 Å². The van der Waals surface area contributed by atoms with E-state index in [1.54, 1.807) is 6.20 Å². The van der Waals surface area contributed by atoms with Crippen molar-refractivity contribution >= 4 is 28.4 Å². The Bertz CT molecular complexity index is 845. The quantitative estimate of drug-likeness (QED) is 0.712. The highest BCUT2D eigenvalue weighted by Crippen LogP contribution is 2.38. The largest absolute Gasteiger partial charge is 0.320 e. The van der Waals surface area contributed by atoms with Gasteiger partial charge in [-0.2, -0.15) is 0 Å². The summed E-state index contributed by atoms with van der Waals surface area (Å²) in [5.74, 6) is 0.969.